The van der Waals surface area contributed by atoms with Crippen molar-refractivity contribution >= 4 is 5.69 Å². The zero-order chi connectivity index (χ0) is 19.7. The molecule has 0 spiro atoms. The molecule has 2 N–H and O–H groups in total. The third-order valence-corrected chi connectivity index (χ3v) is 5.24. The minimum Gasteiger partial charge on any atom is -0.733 e. The Bertz CT molecular complexity index is 976. The second-order valence-corrected chi connectivity index (χ2v) is 7.05. The number of anilines is 1. The summed E-state index contributed by atoms with van der Waals surface area (Å²) < 4.78 is 7.11. The van der Waals surface area contributed by atoms with Gasteiger partial charge in [0.15, 0.2) is 0 Å². The van der Waals surface area contributed by atoms with Crippen LogP contribution in [0.3, 0.4) is 0 Å². The van der Waals surface area contributed by atoms with Gasteiger partial charge in [-0.05, 0) is 44.5 Å². The second kappa shape index (κ2) is 7.63. The topological polar surface area (TPSA) is 89.5 Å². The number of hydrogen-bond donors (Lipinski definition) is 2. The van der Waals surface area contributed by atoms with Crippen molar-refractivity contribution in [3.63, 3.8) is 0 Å². The number of para-hydroxylation sites is 2. The summed E-state index contributed by atoms with van der Waals surface area (Å²) in [6.07, 6.45) is 7.01. The summed E-state index contributed by atoms with van der Waals surface area (Å²) >= 11 is 0. The highest BCUT2D eigenvalue weighted by atomic mass is 16.8. The van der Waals surface area contributed by atoms with Gasteiger partial charge in [-0.1, -0.05) is 24.3 Å². The number of rotatable bonds is 6. The predicted molar refractivity (Wildman–Crippen MR) is 107 cm³/mol. The van der Waals surface area contributed by atoms with Crippen molar-refractivity contribution in [3.05, 3.63) is 82.7 Å². The van der Waals surface area contributed by atoms with Crippen LogP contribution in [0.4, 0.5) is 5.69 Å². The minimum absolute atomic E-state index is 0.116. The maximum Gasteiger partial charge on any atom is 0.117 e. The lowest BCUT2D eigenvalue weighted by atomic mass is 9.96. The standard InChI is InChI=1S/C21H23N4O3/c1-14-21(16-9-10-17(12-16)22-13-18-6-5-11-28-18)15(2)24(23-14)19-7-3-4-8-20(19)25(26)27/h3-11,16-17,22,26H,12-13H2,1-2H3/q-1/t16-,17+/m0/s1. The molecular weight excluding hydrogens is 356 g/mol. The van der Waals surface area contributed by atoms with Crippen molar-refractivity contribution in [2.24, 2.45) is 0 Å². The molecule has 0 aliphatic heterocycles. The van der Waals surface area contributed by atoms with E-state index in [9.17, 15) is 10.4 Å². The molecule has 0 bridgehead atoms. The highest BCUT2D eigenvalue weighted by molar-refractivity contribution is 5.62. The predicted octanol–water partition coefficient (Wildman–Crippen LogP) is 3.98. The van der Waals surface area contributed by atoms with E-state index in [1.54, 1.807) is 29.1 Å². The summed E-state index contributed by atoms with van der Waals surface area (Å²) in [7, 11) is 0. The summed E-state index contributed by atoms with van der Waals surface area (Å²) in [5, 5.41) is 29.0. The molecule has 1 aromatic carbocycles. The Kier molecular flexibility index (Phi) is 5.04. The van der Waals surface area contributed by atoms with E-state index >= 15 is 0 Å². The lowest BCUT2D eigenvalue weighted by Crippen LogP contribution is -2.25. The molecule has 2 atom stereocenters. The quantitative estimate of drug-likeness (QED) is 0.497. The zero-order valence-electron chi connectivity index (χ0n) is 15.9. The molecule has 7 heteroatoms. The summed E-state index contributed by atoms with van der Waals surface area (Å²) in [5.41, 5.74) is 3.77. The van der Waals surface area contributed by atoms with Gasteiger partial charge >= 0.3 is 0 Å². The lowest BCUT2D eigenvalue weighted by Gasteiger charge is -2.24. The highest BCUT2D eigenvalue weighted by Gasteiger charge is 2.26. The van der Waals surface area contributed by atoms with E-state index in [2.05, 4.69) is 22.6 Å². The average molecular weight is 379 g/mol. The van der Waals surface area contributed by atoms with Crippen LogP contribution >= 0.6 is 0 Å². The molecule has 0 amide bonds. The highest BCUT2D eigenvalue weighted by Crippen LogP contribution is 2.35. The third-order valence-electron chi connectivity index (χ3n) is 5.24. The van der Waals surface area contributed by atoms with Crippen molar-refractivity contribution < 1.29 is 9.62 Å². The number of aryl methyl sites for hydroxylation is 1. The lowest BCUT2D eigenvalue weighted by molar-refractivity contribution is 0.296. The molecule has 2 heterocycles. The fourth-order valence-electron chi connectivity index (χ4n) is 3.94. The first-order valence-electron chi connectivity index (χ1n) is 9.30. The van der Waals surface area contributed by atoms with Crippen LogP contribution in [0.1, 0.15) is 35.1 Å². The van der Waals surface area contributed by atoms with Crippen molar-refractivity contribution in [2.45, 2.75) is 38.8 Å². The molecule has 28 heavy (non-hydrogen) atoms. The van der Waals surface area contributed by atoms with E-state index in [0.717, 1.165) is 29.1 Å². The van der Waals surface area contributed by atoms with Crippen molar-refractivity contribution in [2.75, 3.05) is 5.23 Å². The maximum absolute atomic E-state index is 11.5. The number of benzene rings is 1. The summed E-state index contributed by atoms with van der Waals surface area (Å²) in [4.78, 5) is 0. The Morgan fingerprint density at radius 3 is 2.82 bits per heavy atom. The van der Waals surface area contributed by atoms with Crippen molar-refractivity contribution in [1.29, 1.82) is 0 Å². The summed E-state index contributed by atoms with van der Waals surface area (Å²) in [5.74, 6) is 1.16. The van der Waals surface area contributed by atoms with Crippen LogP contribution in [0, 0.1) is 19.1 Å². The van der Waals surface area contributed by atoms with Gasteiger partial charge in [-0.3, -0.25) is 5.21 Å². The smallest absolute Gasteiger partial charge is 0.117 e. The van der Waals surface area contributed by atoms with Crippen LogP contribution in [-0.4, -0.2) is 21.0 Å². The van der Waals surface area contributed by atoms with Gasteiger partial charge in [0.25, 0.3) is 0 Å². The number of hydrogen-bond acceptors (Lipinski definition) is 6. The molecule has 0 saturated carbocycles. The summed E-state index contributed by atoms with van der Waals surface area (Å²) in [6.45, 7) is 4.66. The first-order valence-corrected chi connectivity index (χ1v) is 9.30. The van der Waals surface area contributed by atoms with Crippen molar-refractivity contribution in [1.82, 2.24) is 15.1 Å². The number of allylic oxidation sites excluding steroid dienone is 1. The SMILES string of the molecule is Cc1nn(-c2ccccc2N([O-])O)c(C)c1[C@H]1C=C[C@@H](NCc2ccco2)C1. The number of aromatic nitrogens is 2. The van der Waals surface area contributed by atoms with Crippen LogP contribution in [0.5, 0.6) is 0 Å². The minimum atomic E-state index is -0.116. The number of nitrogens with zero attached hydrogens (tertiary/aromatic N) is 3. The molecule has 0 unspecified atom stereocenters. The Morgan fingerprint density at radius 2 is 2.07 bits per heavy atom. The largest absolute Gasteiger partial charge is 0.733 e. The van der Waals surface area contributed by atoms with E-state index in [4.69, 9.17) is 4.42 Å². The Morgan fingerprint density at radius 1 is 1.25 bits per heavy atom. The zero-order valence-corrected chi connectivity index (χ0v) is 15.9. The fourth-order valence-corrected chi connectivity index (χ4v) is 3.94. The summed E-state index contributed by atoms with van der Waals surface area (Å²) in [6, 6.07) is 11.0. The van der Waals surface area contributed by atoms with Gasteiger partial charge in [0.1, 0.15) is 5.76 Å². The molecule has 0 fully saturated rings. The molecule has 0 saturated heterocycles. The Balaban J connectivity index is 1.55. The molecule has 7 nitrogen and oxygen atoms in total. The molecule has 3 aromatic rings. The first kappa shape index (κ1) is 18.5. The number of nitrogens with one attached hydrogen (secondary N) is 1. The maximum atomic E-state index is 11.5. The van der Waals surface area contributed by atoms with E-state index in [0.29, 0.717) is 12.2 Å². The Hall–Kier alpha value is -2.87. The molecule has 146 valence electrons. The van der Waals surface area contributed by atoms with E-state index in [1.807, 2.05) is 32.0 Å². The fraction of sp³-hybridized carbons (Fsp3) is 0.286. The molecule has 0 radical (unpaired) electrons. The molecule has 2 aromatic heterocycles. The van der Waals surface area contributed by atoms with Crippen LogP contribution < -0.4 is 10.5 Å². The van der Waals surface area contributed by atoms with Gasteiger partial charge in [-0.25, -0.2) is 4.68 Å². The second-order valence-electron chi connectivity index (χ2n) is 7.05. The van der Waals surface area contributed by atoms with Gasteiger partial charge in [0, 0.05) is 23.2 Å². The molecule has 4 rings (SSSR count). The van der Waals surface area contributed by atoms with Crippen LogP contribution in [0.25, 0.3) is 5.69 Å². The van der Waals surface area contributed by atoms with E-state index in [1.165, 1.54) is 0 Å². The van der Waals surface area contributed by atoms with Gasteiger partial charge < -0.3 is 20.2 Å². The van der Waals surface area contributed by atoms with Crippen LogP contribution in [0.15, 0.2) is 59.2 Å². The van der Waals surface area contributed by atoms with E-state index in [-0.39, 0.29) is 22.9 Å². The van der Waals surface area contributed by atoms with E-state index < -0.39 is 0 Å². The Labute approximate surface area is 163 Å². The van der Waals surface area contributed by atoms with Crippen LogP contribution in [0.2, 0.25) is 0 Å². The van der Waals surface area contributed by atoms with Crippen molar-refractivity contribution in [3.8, 4) is 5.69 Å². The molecular formula is C21H23N4O3-. The van der Waals surface area contributed by atoms with Gasteiger partial charge in [-0.2, -0.15) is 5.10 Å². The van der Waals surface area contributed by atoms with Crippen LogP contribution in [-0.2, 0) is 6.54 Å². The number of furan rings is 1. The average Bonchev–Trinajstić information content (AvgIpc) is 3.41. The third kappa shape index (κ3) is 3.47. The first-order chi connectivity index (χ1) is 13.5. The van der Waals surface area contributed by atoms with Gasteiger partial charge in [0.2, 0.25) is 0 Å². The van der Waals surface area contributed by atoms with Gasteiger partial charge in [0.05, 0.1) is 29.9 Å². The van der Waals surface area contributed by atoms with Gasteiger partial charge in [-0.15, -0.1) is 0 Å². The molecule has 1 aliphatic carbocycles. The normalized spacial score (nSPS) is 18.7. The monoisotopic (exact) mass is 379 g/mol. The molecule has 1 aliphatic rings.